The molecule has 28 nitrogen and oxygen atoms in total. The van der Waals surface area contributed by atoms with Crippen LogP contribution in [0.2, 0.25) is 5.02 Å². The third kappa shape index (κ3) is 12.1. The molecular weight excluding hydrogens is 860 g/mol. The third-order valence-electron chi connectivity index (χ3n) is 6.29. The molecule has 292 valence electrons. The highest BCUT2D eigenvalue weighted by atomic mass is 79.9. The highest BCUT2D eigenvalue weighted by molar-refractivity contribution is 9.10. The first-order valence-corrected chi connectivity index (χ1v) is 14.9. The number of non-ortho nitro benzene ring substituents is 4. The lowest BCUT2D eigenvalue weighted by atomic mass is 10.1. The second kappa shape index (κ2) is 19.8. The average molecular weight is 876 g/mol. The van der Waals surface area contributed by atoms with Gasteiger partial charge in [0.1, 0.15) is 35.3 Å². The van der Waals surface area contributed by atoms with E-state index in [1.807, 2.05) is 0 Å². The van der Waals surface area contributed by atoms with E-state index in [1.54, 1.807) is 18.2 Å². The highest BCUT2D eigenvalue weighted by Gasteiger charge is 2.23. The van der Waals surface area contributed by atoms with Crippen molar-refractivity contribution >= 4 is 90.1 Å². The summed E-state index contributed by atoms with van der Waals surface area (Å²) in [5.74, 6) is 0. The van der Waals surface area contributed by atoms with Gasteiger partial charge >= 0.3 is 5.69 Å². The van der Waals surface area contributed by atoms with Crippen molar-refractivity contribution in [1.29, 1.82) is 15.8 Å². The van der Waals surface area contributed by atoms with Crippen molar-refractivity contribution in [3.63, 3.8) is 0 Å². The molecule has 0 aliphatic carbocycles. The fraction of sp³-hybridized carbons (Fsp3) is 0. The van der Waals surface area contributed by atoms with Gasteiger partial charge in [0, 0.05) is 30.3 Å². The summed E-state index contributed by atoms with van der Waals surface area (Å²) in [6.07, 6.45) is 0. The number of benzene rings is 4. The first-order valence-electron chi connectivity index (χ1n) is 13.7. The Labute approximate surface area is 326 Å². The molecule has 0 amide bonds. The Hall–Kier alpha value is -8.88. The van der Waals surface area contributed by atoms with Gasteiger partial charge in [0.25, 0.3) is 34.1 Å². The number of nitriles is 3. The second-order valence-corrected chi connectivity index (χ2v) is 11.0. The van der Waals surface area contributed by atoms with Crippen LogP contribution < -0.4 is 22.9 Å². The minimum atomic E-state index is -0.872. The maximum atomic E-state index is 10.5. The fourth-order valence-corrected chi connectivity index (χ4v) is 4.24. The number of halogens is 2. The molecule has 0 atom stereocenters. The highest BCUT2D eigenvalue weighted by Crippen LogP contribution is 2.35. The monoisotopic (exact) mass is 874 g/mol. The van der Waals surface area contributed by atoms with Crippen molar-refractivity contribution in [3.8, 4) is 18.2 Å². The molecule has 4 aromatic carbocycles. The van der Waals surface area contributed by atoms with E-state index >= 15 is 0 Å². The number of hydrogen-bond acceptors (Lipinski definition) is 21. The zero-order valence-electron chi connectivity index (χ0n) is 27.4. The smallest absolute Gasteiger partial charge is 0.300 e. The Morgan fingerprint density at radius 1 is 0.439 bits per heavy atom. The van der Waals surface area contributed by atoms with Crippen molar-refractivity contribution in [2.75, 3.05) is 22.9 Å². The van der Waals surface area contributed by atoms with Crippen LogP contribution in [0.25, 0.3) is 0 Å². The Bertz CT molecular complexity index is 2380. The quantitative estimate of drug-likeness (QED) is 0.102. The van der Waals surface area contributed by atoms with Crippen LogP contribution >= 0.6 is 27.5 Å². The van der Waals surface area contributed by atoms with E-state index in [-0.39, 0.29) is 60.3 Å². The van der Waals surface area contributed by atoms with Gasteiger partial charge in [-0.05, 0) is 15.9 Å². The standard InChI is InChI=1S/C8H4N4O2.C7H4N4O4.C6H4BrN3O4.C6H4ClN3O4/c9-3-5-1-7(12(13)14)2-6(4-10)8(5)11;8-3-4-1-5(10(12)13)2-6(7(4)9)11(14)15;2*7-4-1-3(9(11)12)2-5(6(4)8)10(13)14/h1-2H,11H2;1-2H,9H2;2*1-2H,8H2. The van der Waals surface area contributed by atoms with Crippen LogP contribution in [0.1, 0.15) is 16.7 Å². The molecule has 0 bridgehead atoms. The van der Waals surface area contributed by atoms with Crippen molar-refractivity contribution in [3.05, 3.63) is 146 Å². The molecule has 0 heterocycles. The molecule has 0 saturated heterocycles. The number of nitrogens with zero attached hydrogens (tertiary/aromatic N) is 10. The van der Waals surface area contributed by atoms with Gasteiger partial charge in [0.2, 0.25) is 0 Å². The zero-order chi connectivity index (χ0) is 44.1. The normalized spacial score (nSPS) is 9.39. The summed E-state index contributed by atoms with van der Waals surface area (Å²) in [6.45, 7) is 0. The fourth-order valence-electron chi connectivity index (χ4n) is 3.59. The first-order chi connectivity index (χ1) is 26.4. The maximum Gasteiger partial charge on any atom is 0.300 e. The van der Waals surface area contributed by atoms with Crippen LogP contribution in [0.3, 0.4) is 0 Å². The van der Waals surface area contributed by atoms with Crippen LogP contribution in [-0.2, 0) is 0 Å². The molecule has 0 spiro atoms. The largest absolute Gasteiger partial charge is 0.397 e. The average Bonchev–Trinajstić information content (AvgIpc) is 3.13. The van der Waals surface area contributed by atoms with E-state index in [9.17, 15) is 70.8 Å². The predicted octanol–water partition coefficient (Wildman–Crippen LogP) is 5.46. The molecule has 30 heteroatoms. The molecule has 4 aromatic rings. The van der Waals surface area contributed by atoms with Crippen molar-refractivity contribution in [2.24, 2.45) is 0 Å². The van der Waals surface area contributed by atoms with E-state index in [0.717, 1.165) is 48.5 Å². The number of rotatable bonds is 7. The Morgan fingerprint density at radius 3 is 1.05 bits per heavy atom. The van der Waals surface area contributed by atoms with Crippen LogP contribution in [0.15, 0.2) is 53.0 Å². The molecule has 57 heavy (non-hydrogen) atoms. The van der Waals surface area contributed by atoms with Crippen LogP contribution in [0, 0.1) is 105 Å². The van der Waals surface area contributed by atoms with Gasteiger partial charge in [-0.3, -0.25) is 70.8 Å². The number of nitro groups is 7. The molecule has 4 rings (SSSR count). The van der Waals surface area contributed by atoms with Gasteiger partial charge in [-0.1, -0.05) is 11.6 Å². The minimum absolute atomic E-state index is 0.0272. The van der Waals surface area contributed by atoms with Gasteiger partial charge in [-0.15, -0.1) is 0 Å². The van der Waals surface area contributed by atoms with Gasteiger partial charge in [-0.25, -0.2) is 0 Å². The summed E-state index contributed by atoms with van der Waals surface area (Å²) in [7, 11) is 0. The minimum Gasteiger partial charge on any atom is -0.397 e. The maximum absolute atomic E-state index is 10.5. The van der Waals surface area contributed by atoms with Gasteiger partial charge in [0.15, 0.2) is 0 Å². The Balaban J connectivity index is 0.000000380. The molecule has 0 aliphatic rings. The van der Waals surface area contributed by atoms with Crippen LogP contribution in [-0.4, -0.2) is 34.5 Å². The Kier molecular flexibility index (Phi) is 16.0. The summed E-state index contributed by atoms with van der Waals surface area (Å²) in [5.41, 5.74) is 16.7. The third-order valence-corrected chi connectivity index (χ3v) is 7.26. The second-order valence-electron chi connectivity index (χ2n) is 9.74. The predicted molar refractivity (Wildman–Crippen MR) is 197 cm³/mol. The van der Waals surface area contributed by atoms with Crippen LogP contribution in [0.5, 0.6) is 0 Å². The SMILES string of the molecule is N#Cc1cc([N+](=O)[O-])cc(C#N)c1N.N#Cc1cc([N+](=O)[O-])cc([N+](=O)[O-])c1N.Nc1c(Br)cc([N+](=O)[O-])cc1[N+](=O)[O-].Nc1c(Cl)cc([N+](=O)[O-])cc1[N+](=O)[O-]. The lowest BCUT2D eigenvalue weighted by molar-refractivity contribution is -0.393. The van der Waals surface area contributed by atoms with Crippen molar-refractivity contribution in [1.82, 2.24) is 0 Å². The molecule has 8 N–H and O–H groups in total. The van der Waals surface area contributed by atoms with E-state index < -0.39 is 62.9 Å². The molecule has 0 aromatic heterocycles. The van der Waals surface area contributed by atoms with E-state index in [4.69, 9.17) is 50.3 Å². The molecule has 0 fully saturated rings. The van der Waals surface area contributed by atoms with Crippen LogP contribution in [0.4, 0.5) is 62.6 Å². The molecule has 0 radical (unpaired) electrons. The summed E-state index contributed by atoms with van der Waals surface area (Å²) in [5, 5.41) is 98.3. The number of nitrogens with two attached hydrogens (primary N) is 4. The van der Waals surface area contributed by atoms with E-state index in [2.05, 4.69) is 15.9 Å². The van der Waals surface area contributed by atoms with E-state index in [1.165, 1.54) is 0 Å². The molecule has 0 saturated carbocycles. The first kappa shape index (κ1) is 46.1. The van der Waals surface area contributed by atoms with Gasteiger partial charge in [-0.2, -0.15) is 15.8 Å². The van der Waals surface area contributed by atoms with Gasteiger partial charge < -0.3 is 22.9 Å². The number of hydrogen-bond donors (Lipinski definition) is 4. The number of nitro benzene ring substituents is 7. The lowest BCUT2D eigenvalue weighted by Crippen LogP contribution is -2.00. The van der Waals surface area contributed by atoms with Gasteiger partial charge in [0.05, 0.1) is 84.5 Å². The summed E-state index contributed by atoms with van der Waals surface area (Å²) >= 11 is 8.37. The topological polar surface area (TPSA) is 477 Å². The number of nitrogen functional groups attached to an aromatic ring is 4. The number of anilines is 4. The zero-order valence-corrected chi connectivity index (χ0v) is 29.7. The Morgan fingerprint density at radius 2 is 0.719 bits per heavy atom. The molecular formula is C27H16BrClN14O14. The molecule has 0 aliphatic heterocycles. The van der Waals surface area contributed by atoms with E-state index in [0.29, 0.717) is 0 Å². The van der Waals surface area contributed by atoms with Crippen molar-refractivity contribution < 1.29 is 34.5 Å². The summed E-state index contributed by atoms with van der Waals surface area (Å²) < 4.78 is 0.137. The summed E-state index contributed by atoms with van der Waals surface area (Å²) in [6, 6.07) is 12.3. The van der Waals surface area contributed by atoms with Crippen molar-refractivity contribution in [2.45, 2.75) is 0 Å². The summed E-state index contributed by atoms with van der Waals surface area (Å²) in [4.78, 5) is 67.3. The lowest BCUT2D eigenvalue weighted by Gasteiger charge is -1.99. The molecule has 0 unspecified atom stereocenters.